The Hall–Kier alpha value is -2.49. The van der Waals surface area contributed by atoms with Crippen LogP contribution in [0.5, 0.6) is 0 Å². The second-order valence-corrected chi connectivity index (χ2v) is 9.87. The zero-order valence-corrected chi connectivity index (χ0v) is 20.8. The highest BCUT2D eigenvalue weighted by Crippen LogP contribution is 2.38. The van der Waals surface area contributed by atoms with Gasteiger partial charge in [0.05, 0.1) is 18.3 Å². The third-order valence-electron chi connectivity index (χ3n) is 6.56. The van der Waals surface area contributed by atoms with Gasteiger partial charge in [0.1, 0.15) is 12.4 Å². The molecule has 0 atom stereocenters. The Morgan fingerprint density at radius 3 is 2.03 bits per heavy atom. The molecule has 1 heterocycles. The molecule has 0 saturated heterocycles. The number of nitrogens with one attached hydrogen (secondary N) is 1. The van der Waals surface area contributed by atoms with E-state index in [0.29, 0.717) is 24.5 Å². The van der Waals surface area contributed by atoms with E-state index in [0.717, 1.165) is 0 Å². The van der Waals surface area contributed by atoms with Gasteiger partial charge in [-0.2, -0.15) is 0 Å². The summed E-state index contributed by atoms with van der Waals surface area (Å²) in [5.74, 6) is 2.71. The van der Waals surface area contributed by atoms with Crippen LogP contribution in [0.3, 0.4) is 0 Å². The number of hydrogen-bond donors (Lipinski definition) is 1. The lowest BCUT2D eigenvalue weighted by Gasteiger charge is -2.23. The molecule has 0 aliphatic rings. The van der Waals surface area contributed by atoms with Crippen LogP contribution in [0.15, 0.2) is 48.8 Å². The second-order valence-electron chi connectivity index (χ2n) is 9.87. The van der Waals surface area contributed by atoms with Crippen LogP contribution in [0, 0.1) is 6.92 Å². The van der Waals surface area contributed by atoms with E-state index in [1.54, 1.807) is 0 Å². The smallest absolute Gasteiger partial charge is 0.354 e. The van der Waals surface area contributed by atoms with E-state index in [1.165, 1.54) is 39.5 Å². The fraction of sp³-hybridized carbons (Fsp3) is 0.444. The zero-order valence-electron chi connectivity index (χ0n) is 20.8. The van der Waals surface area contributed by atoms with E-state index in [4.69, 9.17) is 0 Å². The predicted octanol–water partition coefficient (Wildman–Crippen LogP) is 7.16. The number of aromatic nitrogens is 2. The molecule has 0 spiro atoms. The topological polar surface area (TPSA) is 20.8 Å². The third kappa shape index (κ3) is 4.58. The van der Waals surface area contributed by atoms with Gasteiger partial charge in [0.2, 0.25) is 0 Å². The summed E-state index contributed by atoms with van der Waals surface area (Å²) in [4.78, 5) is 0. The number of benzene rings is 2. The van der Waals surface area contributed by atoms with Crippen molar-refractivity contribution in [3.8, 4) is 11.4 Å². The van der Waals surface area contributed by atoms with Crippen molar-refractivity contribution in [2.45, 2.75) is 72.9 Å². The van der Waals surface area contributed by atoms with E-state index in [-0.39, 0.29) is 0 Å². The van der Waals surface area contributed by atoms with Gasteiger partial charge < -0.3 is 5.32 Å². The first-order valence-electron chi connectivity index (χ1n) is 11.7. The minimum atomic E-state index is 0.415. The molecule has 3 aromatic rings. The molecule has 1 N–H and O–H groups in total. The molecule has 0 bridgehead atoms. The normalized spacial score (nSPS) is 11.6. The lowest BCUT2D eigenvalue weighted by molar-refractivity contribution is -0.525. The van der Waals surface area contributed by atoms with Gasteiger partial charge in [-0.15, -0.1) is 0 Å². The number of hydrogen-bond acceptors (Lipinski definition) is 1. The SMILES string of the molecule is CB(C(C)C)[n+]1ccn(C)c1-c1c(C)cccc1Nc1c(C(C)C)cccc1C(C)C. The number of rotatable bonds is 7. The number of nitrogens with zero attached hydrogens (tertiary/aromatic N) is 2. The van der Waals surface area contributed by atoms with E-state index >= 15 is 0 Å². The van der Waals surface area contributed by atoms with E-state index in [9.17, 15) is 0 Å². The summed E-state index contributed by atoms with van der Waals surface area (Å²) in [5.41, 5.74) is 7.72. The number of para-hydroxylation sites is 1. The molecule has 3 rings (SSSR count). The highest BCUT2D eigenvalue weighted by molar-refractivity contribution is 6.49. The van der Waals surface area contributed by atoms with Gasteiger partial charge >= 0.3 is 6.85 Å². The molecule has 1 aromatic heterocycles. The molecule has 0 amide bonds. The standard InChI is InChI=1S/C27H38BN3/c1-18(2)22-13-11-14-23(19(3)4)26(22)29-24-15-10-12-21(7)25(24)27-30(9)16-17-31(27)28(8)20(5)6/h10-20H,1-9H3/p+1. The van der Waals surface area contributed by atoms with Crippen LogP contribution in [0.25, 0.3) is 11.4 Å². The summed E-state index contributed by atoms with van der Waals surface area (Å²) in [7, 11) is 2.15. The average Bonchev–Trinajstić information content (AvgIpc) is 3.08. The molecule has 0 aliphatic heterocycles. The Morgan fingerprint density at radius 1 is 0.903 bits per heavy atom. The van der Waals surface area contributed by atoms with Gasteiger partial charge in [0.25, 0.3) is 5.82 Å². The van der Waals surface area contributed by atoms with Gasteiger partial charge in [0.15, 0.2) is 0 Å². The highest BCUT2D eigenvalue weighted by Gasteiger charge is 2.30. The van der Waals surface area contributed by atoms with Crippen LogP contribution < -0.4 is 9.79 Å². The first-order chi connectivity index (χ1) is 14.6. The fourth-order valence-electron chi connectivity index (χ4n) is 4.35. The van der Waals surface area contributed by atoms with Crippen molar-refractivity contribution < 1.29 is 4.48 Å². The molecule has 0 unspecified atom stereocenters. The predicted molar refractivity (Wildman–Crippen MR) is 136 cm³/mol. The highest BCUT2D eigenvalue weighted by atomic mass is 15.1. The monoisotopic (exact) mass is 416 g/mol. The summed E-state index contributed by atoms with van der Waals surface area (Å²) in [6.45, 7) is 18.6. The van der Waals surface area contributed by atoms with Crippen LogP contribution in [0.1, 0.15) is 70.1 Å². The number of imidazole rings is 1. The zero-order chi connectivity index (χ0) is 22.9. The Bertz CT molecular complexity index is 1020. The molecular weight excluding hydrogens is 377 g/mol. The first kappa shape index (κ1) is 23.2. The maximum Gasteiger partial charge on any atom is 0.377 e. The first-order valence-corrected chi connectivity index (χ1v) is 11.7. The summed E-state index contributed by atoms with van der Waals surface area (Å²) in [6.07, 6.45) is 4.39. The van der Waals surface area contributed by atoms with Crippen LogP contribution in [0.4, 0.5) is 11.4 Å². The van der Waals surface area contributed by atoms with Crippen molar-refractivity contribution in [3.63, 3.8) is 0 Å². The maximum atomic E-state index is 3.90. The molecule has 0 radical (unpaired) electrons. The van der Waals surface area contributed by atoms with E-state index in [1.807, 2.05) is 0 Å². The molecule has 31 heavy (non-hydrogen) atoms. The lowest BCUT2D eigenvalue weighted by atomic mass is 9.54. The van der Waals surface area contributed by atoms with Crippen molar-refractivity contribution in [2.75, 3.05) is 5.32 Å². The minimum absolute atomic E-state index is 0.415. The van der Waals surface area contributed by atoms with Gasteiger partial charge in [-0.25, -0.2) is 4.57 Å². The maximum absolute atomic E-state index is 3.90. The number of aryl methyl sites for hydroxylation is 2. The third-order valence-corrected chi connectivity index (χ3v) is 6.56. The Labute approximate surface area is 189 Å². The van der Waals surface area contributed by atoms with Crippen LogP contribution in [-0.4, -0.2) is 11.4 Å². The van der Waals surface area contributed by atoms with Crippen molar-refractivity contribution in [3.05, 3.63) is 65.5 Å². The molecule has 0 saturated carbocycles. The second kappa shape index (κ2) is 9.34. The van der Waals surface area contributed by atoms with Crippen molar-refractivity contribution in [1.82, 2.24) is 4.57 Å². The quantitative estimate of drug-likeness (QED) is 0.405. The minimum Gasteiger partial charge on any atom is -0.354 e. The van der Waals surface area contributed by atoms with Gasteiger partial charge in [-0.3, -0.25) is 4.48 Å². The molecule has 3 nitrogen and oxygen atoms in total. The number of anilines is 2. The summed E-state index contributed by atoms with van der Waals surface area (Å²) < 4.78 is 4.68. The van der Waals surface area contributed by atoms with Crippen molar-refractivity contribution >= 4 is 18.2 Å². The molecule has 2 aromatic carbocycles. The fourth-order valence-corrected chi connectivity index (χ4v) is 4.35. The largest absolute Gasteiger partial charge is 0.377 e. The van der Waals surface area contributed by atoms with Crippen molar-refractivity contribution in [2.24, 2.45) is 7.05 Å². The Morgan fingerprint density at radius 2 is 1.48 bits per heavy atom. The summed E-state index contributed by atoms with van der Waals surface area (Å²) >= 11 is 0. The van der Waals surface area contributed by atoms with Crippen molar-refractivity contribution in [1.29, 1.82) is 0 Å². The van der Waals surface area contributed by atoms with Gasteiger partial charge in [-0.1, -0.05) is 71.9 Å². The Kier molecular flexibility index (Phi) is 6.98. The molecular formula is C27H39BN3+. The molecule has 0 fully saturated rings. The Balaban J connectivity index is 2.22. The molecule has 164 valence electrons. The summed E-state index contributed by atoms with van der Waals surface area (Å²) in [6, 6.07) is 13.3. The molecule has 0 aliphatic carbocycles. The summed E-state index contributed by atoms with van der Waals surface area (Å²) in [5, 5.41) is 3.90. The average molecular weight is 416 g/mol. The molecule has 4 heteroatoms. The van der Waals surface area contributed by atoms with Crippen LogP contribution in [0.2, 0.25) is 12.6 Å². The van der Waals surface area contributed by atoms with Crippen LogP contribution >= 0.6 is 0 Å². The van der Waals surface area contributed by atoms with E-state index in [2.05, 4.69) is 125 Å². The van der Waals surface area contributed by atoms with Crippen LogP contribution in [-0.2, 0) is 7.05 Å². The van der Waals surface area contributed by atoms with Gasteiger partial charge in [0, 0.05) is 5.69 Å². The van der Waals surface area contributed by atoms with Gasteiger partial charge in [-0.05, 0) is 54.2 Å². The lowest BCUT2D eigenvalue weighted by Crippen LogP contribution is -2.51. The van der Waals surface area contributed by atoms with E-state index < -0.39 is 0 Å².